The summed E-state index contributed by atoms with van der Waals surface area (Å²) in [5.41, 5.74) is 0. The number of hydrogen-bond donors (Lipinski definition) is 1. The Morgan fingerprint density at radius 2 is 2.07 bits per heavy atom. The molecule has 0 spiro atoms. The van der Waals surface area contributed by atoms with Crippen molar-refractivity contribution >= 4 is 11.8 Å². The van der Waals surface area contributed by atoms with Crippen LogP contribution in [-0.4, -0.2) is 40.4 Å². The standard InChI is InChI=1S/C10H17NO3/c1-7(8(2)12)11(9-3-4-9)6-5-10(13)14/h7,9H,3-6H2,1-2H3,(H,13,14). The molecule has 0 aromatic rings. The van der Waals surface area contributed by atoms with Gasteiger partial charge in [-0.3, -0.25) is 14.5 Å². The van der Waals surface area contributed by atoms with Crippen molar-refractivity contribution in [3.63, 3.8) is 0 Å². The van der Waals surface area contributed by atoms with Crippen LogP contribution >= 0.6 is 0 Å². The fraction of sp³-hybridized carbons (Fsp3) is 0.800. The Kier molecular flexibility index (Phi) is 3.63. The SMILES string of the molecule is CC(=O)C(C)N(CCC(=O)O)C1CC1. The maximum atomic E-state index is 11.2. The maximum absolute atomic E-state index is 11.2. The van der Waals surface area contributed by atoms with E-state index in [0.29, 0.717) is 12.6 Å². The van der Waals surface area contributed by atoms with Gasteiger partial charge in [-0.2, -0.15) is 0 Å². The predicted octanol–water partition coefficient (Wildman–Crippen LogP) is 0.903. The Morgan fingerprint density at radius 1 is 1.50 bits per heavy atom. The van der Waals surface area contributed by atoms with Crippen LogP contribution < -0.4 is 0 Å². The molecule has 0 aromatic carbocycles. The van der Waals surface area contributed by atoms with Gasteiger partial charge in [0.25, 0.3) is 0 Å². The highest BCUT2D eigenvalue weighted by atomic mass is 16.4. The quantitative estimate of drug-likeness (QED) is 0.690. The van der Waals surface area contributed by atoms with Crippen LogP contribution in [0.1, 0.15) is 33.1 Å². The third-order valence-corrected chi connectivity index (χ3v) is 2.69. The van der Waals surface area contributed by atoms with Crippen molar-refractivity contribution in [2.24, 2.45) is 0 Å². The Morgan fingerprint density at radius 3 is 2.43 bits per heavy atom. The van der Waals surface area contributed by atoms with Crippen molar-refractivity contribution < 1.29 is 14.7 Å². The molecule has 1 rings (SSSR count). The Hall–Kier alpha value is -0.900. The predicted molar refractivity (Wildman–Crippen MR) is 52.1 cm³/mol. The zero-order valence-corrected chi connectivity index (χ0v) is 8.69. The van der Waals surface area contributed by atoms with Crippen LogP contribution in [0.2, 0.25) is 0 Å². The first-order valence-electron chi connectivity index (χ1n) is 5.00. The third kappa shape index (κ3) is 3.10. The lowest BCUT2D eigenvalue weighted by Gasteiger charge is -2.26. The zero-order chi connectivity index (χ0) is 10.7. The van der Waals surface area contributed by atoms with Crippen LogP contribution in [0.15, 0.2) is 0 Å². The second-order valence-electron chi connectivity index (χ2n) is 3.90. The summed E-state index contributed by atoms with van der Waals surface area (Å²) in [6, 6.07) is 0.301. The topological polar surface area (TPSA) is 57.6 Å². The van der Waals surface area contributed by atoms with Crippen LogP contribution in [-0.2, 0) is 9.59 Å². The molecule has 1 N–H and O–H groups in total. The number of carbonyl (C=O) groups is 2. The van der Waals surface area contributed by atoms with Gasteiger partial charge in [-0.05, 0) is 26.7 Å². The normalized spacial score (nSPS) is 18.2. The van der Waals surface area contributed by atoms with E-state index < -0.39 is 5.97 Å². The molecule has 0 aliphatic heterocycles. The largest absolute Gasteiger partial charge is 0.481 e. The van der Waals surface area contributed by atoms with Gasteiger partial charge in [0.15, 0.2) is 0 Å². The Bertz CT molecular complexity index is 236. The molecule has 4 nitrogen and oxygen atoms in total. The lowest BCUT2D eigenvalue weighted by molar-refractivity contribution is -0.138. The van der Waals surface area contributed by atoms with E-state index in [0.717, 1.165) is 12.8 Å². The van der Waals surface area contributed by atoms with Crippen molar-refractivity contribution in [3.05, 3.63) is 0 Å². The van der Waals surface area contributed by atoms with E-state index >= 15 is 0 Å². The van der Waals surface area contributed by atoms with E-state index in [4.69, 9.17) is 5.11 Å². The molecule has 0 amide bonds. The van der Waals surface area contributed by atoms with E-state index in [-0.39, 0.29) is 18.2 Å². The number of rotatable bonds is 6. The summed E-state index contributed by atoms with van der Waals surface area (Å²) in [6.45, 7) is 3.89. The van der Waals surface area contributed by atoms with Gasteiger partial charge in [0, 0.05) is 12.6 Å². The van der Waals surface area contributed by atoms with Crippen LogP contribution in [0, 0.1) is 0 Å². The first-order chi connectivity index (χ1) is 6.52. The van der Waals surface area contributed by atoms with E-state index in [9.17, 15) is 9.59 Å². The average Bonchev–Trinajstić information content (AvgIpc) is 2.87. The zero-order valence-electron chi connectivity index (χ0n) is 8.69. The number of nitrogens with zero attached hydrogens (tertiary/aromatic N) is 1. The molecule has 1 aliphatic carbocycles. The van der Waals surface area contributed by atoms with Gasteiger partial charge in [-0.25, -0.2) is 0 Å². The molecule has 4 heteroatoms. The number of hydrogen-bond acceptors (Lipinski definition) is 3. The van der Waals surface area contributed by atoms with Gasteiger partial charge in [0.1, 0.15) is 5.78 Å². The van der Waals surface area contributed by atoms with Gasteiger partial charge in [-0.1, -0.05) is 0 Å². The van der Waals surface area contributed by atoms with Gasteiger partial charge >= 0.3 is 5.97 Å². The first kappa shape index (κ1) is 11.2. The Balaban J connectivity index is 2.46. The summed E-state index contributed by atoms with van der Waals surface area (Å²) < 4.78 is 0. The maximum Gasteiger partial charge on any atom is 0.304 e. The summed E-state index contributed by atoms with van der Waals surface area (Å²) in [5.74, 6) is -0.686. The molecule has 1 atom stereocenters. The van der Waals surface area contributed by atoms with Crippen LogP contribution in [0.3, 0.4) is 0 Å². The summed E-state index contributed by atoms with van der Waals surface area (Å²) >= 11 is 0. The molecule has 1 aliphatic rings. The van der Waals surface area contributed by atoms with Crippen LogP contribution in [0.25, 0.3) is 0 Å². The number of aliphatic carboxylic acids is 1. The highest BCUT2D eigenvalue weighted by molar-refractivity contribution is 5.81. The molecule has 0 saturated heterocycles. The molecule has 0 radical (unpaired) electrons. The van der Waals surface area contributed by atoms with E-state index in [1.54, 1.807) is 6.92 Å². The van der Waals surface area contributed by atoms with E-state index in [1.807, 2.05) is 11.8 Å². The van der Waals surface area contributed by atoms with Crippen molar-refractivity contribution in [1.82, 2.24) is 4.90 Å². The molecule has 1 fully saturated rings. The van der Waals surface area contributed by atoms with Crippen molar-refractivity contribution in [2.45, 2.75) is 45.2 Å². The number of Topliss-reactive ketones (excluding diaryl/α,β-unsaturated/α-hetero) is 1. The summed E-state index contributed by atoms with van der Waals surface area (Å²) in [6.07, 6.45) is 2.31. The lowest BCUT2D eigenvalue weighted by atomic mass is 10.2. The minimum absolute atomic E-state index is 0.113. The van der Waals surface area contributed by atoms with Crippen LogP contribution in [0.4, 0.5) is 0 Å². The monoisotopic (exact) mass is 199 g/mol. The van der Waals surface area contributed by atoms with Gasteiger partial charge < -0.3 is 5.11 Å². The van der Waals surface area contributed by atoms with E-state index in [2.05, 4.69) is 0 Å². The minimum Gasteiger partial charge on any atom is -0.481 e. The van der Waals surface area contributed by atoms with E-state index in [1.165, 1.54) is 0 Å². The molecule has 0 bridgehead atoms. The van der Waals surface area contributed by atoms with Crippen LogP contribution in [0.5, 0.6) is 0 Å². The molecule has 14 heavy (non-hydrogen) atoms. The van der Waals surface area contributed by atoms with Gasteiger partial charge in [0.2, 0.25) is 0 Å². The summed E-state index contributed by atoms with van der Waals surface area (Å²) in [4.78, 5) is 23.6. The van der Waals surface area contributed by atoms with Gasteiger partial charge in [0.05, 0.1) is 12.5 Å². The lowest BCUT2D eigenvalue weighted by Crippen LogP contribution is -2.40. The van der Waals surface area contributed by atoms with Crippen molar-refractivity contribution in [2.75, 3.05) is 6.54 Å². The first-order valence-corrected chi connectivity index (χ1v) is 5.00. The van der Waals surface area contributed by atoms with Crippen molar-refractivity contribution in [3.8, 4) is 0 Å². The molecular formula is C10H17NO3. The van der Waals surface area contributed by atoms with Gasteiger partial charge in [-0.15, -0.1) is 0 Å². The fourth-order valence-corrected chi connectivity index (χ4v) is 1.56. The Labute approximate surface area is 83.9 Å². The molecule has 80 valence electrons. The minimum atomic E-state index is -0.800. The number of carbonyl (C=O) groups excluding carboxylic acids is 1. The molecule has 0 heterocycles. The smallest absolute Gasteiger partial charge is 0.304 e. The summed E-state index contributed by atoms with van der Waals surface area (Å²) in [7, 11) is 0. The molecule has 1 saturated carbocycles. The average molecular weight is 199 g/mol. The second kappa shape index (κ2) is 4.55. The molecule has 1 unspecified atom stereocenters. The highest BCUT2D eigenvalue weighted by Crippen LogP contribution is 2.28. The molecular weight excluding hydrogens is 182 g/mol. The third-order valence-electron chi connectivity index (χ3n) is 2.69. The number of carboxylic acids is 1. The number of carboxylic acid groups (broad SMARTS) is 1. The van der Waals surface area contributed by atoms with Crippen molar-refractivity contribution in [1.29, 1.82) is 0 Å². The molecule has 0 aromatic heterocycles. The summed E-state index contributed by atoms with van der Waals surface area (Å²) in [5, 5.41) is 8.57. The number of ketones is 1. The fourth-order valence-electron chi connectivity index (χ4n) is 1.56. The highest BCUT2D eigenvalue weighted by Gasteiger charge is 2.33. The second-order valence-corrected chi connectivity index (χ2v) is 3.90.